The van der Waals surface area contributed by atoms with Crippen molar-refractivity contribution in [3.63, 3.8) is 0 Å². The summed E-state index contributed by atoms with van der Waals surface area (Å²) in [5.41, 5.74) is -0.314. The number of hydrogen-bond donors (Lipinski definition) is 1. The Kier molecular flexibility index (Phi) is 3.93. The zero-order valence-corrected chi connectivity index (χ0v) is 13.8. The fourth-order valence-electron chi connectivity index (χ4n) is 3.90. The van der Waals surface area contributed by atoms with E-state index < -0.39 is 5.60 Å². The second-order valence-corrected chi connectivity index (χ2v) is 8.19. The van der Waals surface area contributed by atoms with Gasteiger partial charge in [-0.1, -0.05) is 6.42 Å². The van der Waals surface area contributed by atoms with Crippen molar-refractivity contribution in [1.82, 2.24) is 10.2 Å². The van der Waals surface area contributed by atoms with Crippen LogP contribution in [-0.2, 0) is 4.74 Å². The summed E-state index contributed by atoms with van der Waals surface area (Å²) in [6.45, 7) is 6.69. The zero-order chi connectivity index (χ0) is 15.1. The van der Waals surface area contributed by atoms with E-state index in [2.05, 4.69) is 5.32 Å². The Morgan fingerprint density at radius 1 is 1.14 bits per heavy atom. The van der Waals surface area contributed by atoms with Gasteiger partial charge in [-0.15, -0.1) is 0 Å². The molecule has 1 spiro atoms. The zero-order valence-electron chi connectivity index (χ0n) is 13.8. The summed E-state index contributed by atoms with van der Waals surface area (Å²) in [7, 11) is 0. The molecule has 1 saturated heterocycles. The maximum Gasteiger partial charge on any atom is 0.410 e. The van der Waals surface area contributed by atoms with Crippen molar-refractivity contribution in [3.8, 4) is 0 Å². The van der Waals surface area contributed by atoms with E-state index >= 15 is 0 Å². The van der Waals surface area contributed by atoms with E-state index in [4.69, 9.17) is 4.74 Å². The first-order valence-corrected chi connectivity index (χ1v) is 8.65. The third-order valence-corrected chi connectivity index (χ3v) is 5.37. The molecule has 2 saturated carbocycles. The predicted octanol–water partition coefficient (Wildman–Crippen LogP) is 3.45. The van der Waals surface area contributed by atoms with E-state index in [1.165, 1.54) is 25.7 Å². The van der Waals surface area contributed by atoms with Gasteiger partial charge in [0.1, 0.15) is 5.60 Å². The van der Waals surface area contributed by atoms with Crippen molar-refractivity contribution in [2.75, 3.05) is 6.54 Å². The standard InChI is InChI=1S/C17H30N2O2/c1-16(2,3)21-15(20)19-11-8-14(18-13-6-4-7-13)12-17(19)9-5-10-17/h13-14,18H,4-12H2,1-3H3. The summed E-state index contributed by atoms with van der Waals surface area (Å²) in [6, 6.07) is 1.33. The molecule has 1 aliphatic heterocycles. The van der Waals surface area contributed by atoms with Crippen LogP contribution in [-0.4, -0.2) is 40.8 Å². The Morgan fingerprint density at radius 2 is 1.86 bits per heavy atom. The number of likely N-dealkylation sites (tertiary alicyclic amines) is 1. The Bertz CT molecular complexity index is 394. The van der Waals surface area contributed by atoms with Crippen molar-refractivity contribution in [2.24, 2.45) is 0 Å². The van der Waals surface area contributed by atoms with Crippen LogP contribution < -0.4 is 5.32 Å². The lowest BCUT2D eigenvalue weighted by atomic mass is 9.68. The van der Waals surface area contributed by atoms with E-state index in [1.54, 1.807) is 0 Å². The van der Waals surface area contributed by atoms with Crippen LogP contribution in [0, 0.1) is 0 Å². The van der Waals surface area contributed by atoms with Gasteiger partial charge in [-0.25, -0.2) is 4.79 Å². The molecule has 1 amide bonds. The first-order chi connectivity index (χ1) is 9.88. The Balaban J connectivity index is 1.62. The molecule has 0 aromatic heterocycles. The molecule has 0 bridgehead atoms. The topological polar surface area (TPSA) is 41.6 Å². The van der Waals surface area contributed by atoms with Gasteiger partial charge in [0.25, 0.3) is 0 Å². The molecule has 0 radical (unpaired) electrons. The third-order valence-electron chi connectivity index (χ3n) is 5.37. The quantitative estimate of drug-likeness (QED) is 0.848. The average Bonchev–Trinajstić information content (AvgIpc) is 2.29. The van der Waals surface area contributed by atoms with Gasteiger partial charge in [0.2, 0.25) is 0 Å². The maximum absolute atomic E-state index is 12.5. The minimum atomic E-state index is -0.400. The number of amides is 1. The van der Waals surface area contributed by atoms with E-state index in [1.807, 2.05) is 25.7 Å². The molecule has 0 aromatic carbocycles. The number of nitrogens with one attached hydrogen (secondary N) is 1. The second kappa shape index (κ2) is 5.45. The van der Waals surface area contributed by atoms with Gasteiger partial charge in [-0.3, -0.25) is 0 Å². The molecule has 2 aliphatic carbocycles. The first kappa shape index (κ1) is 15.1. The monoisotopic (exact) mass is 294 g/mol. The Hall–Kier alpha value is -0.770. The van der Waals surface area contributed by atoms with Gasteiger partial charge in [0, 0.05) is 24.2 Å². The molecule has 1 heterocycles. The highest BCUT2D eigenvalue weighted by atomic mass is 16.6. The van der Waals surface area contributed by atoms with E-state index in [-0.39, 0.29) is 11.6 Å². The lowest BCUT2D eigenvalue weighted by molar-refractivity contribution is -0.0507. The van der Waals surface area contributed by atoms with Gasteiger partial charge >= 0.3 is 6.09 Å². The van der Waals surface area contributed by atoms with Crippen LogP contribution in [0.25, 0.3) is 0 Å². The SMILES string of the molecule is CC(C)(C)OC(=O)N1CCC(NC2CCC2)CC12CCC2. The molecule has 120 valence electrons. The molecule has 0 aromatic rings. The Morgan fingerprint density at radius 3 is 2.33 bits per heavy atom. The van der Waals surface area contributed by atoms with Gasteiger partial charge in [-0.2, -0.15) is 0 Å². The smallest absolute Gasteiger partial charge is 0.410 e. The molecule has 3 rings (SSSR count). The fourth-order valence-corrected chi connectivity index (χ4v) is 3.90. The molecule has 1 atom stereocenters. The molecule has 3 fully saturated rings. The largest absolute Gasteiger partial charge is 0.444 e. The van der Waals surface area contributed by atoms with Crippen LogP contribution in [0.5, 0.6) is 0 Å². The van der Waals surface area contributed by atoms with Crippen molar-refractivity contribution in [2.45, 2.75) is 95.4 Å². The van der Waals surface area contributed by atoms with Crippen molar-refractivity contribution >= 4 is 6.09 Å². The van der Waals surface area contributed by atoms with E-state index in [0.717, 1.165) is 38.3 Å². The summed E-state index contributed by atoms with van der Waals surface area (Å²) >= 11 is 0. The molecular formula is C17H30N2O2. The normalized spacial score (nSPS) is 28.9. The van der Waals surface area contributed by atoms with Crippen molar-refractivity contribution in [3.05, 3.63) is 0 Å². The van der Waals surface area contributed by atoms with Crippen LogP contribution in [0.15, 0.2) is 0 Å². The predicted molar refractivity (Wildman–Crippen MR) is 83.3 cm³/mol. The number of carbonyl (C=O) groups excluding carboxylic acids is 1. The van der Waals surface area contributed by atoms with Crippen molar-refractivity contribution < 1.29 is 9.53 Å². The number of rotatable bonds is 2. The lowest BCUT2D eigenvalue weighted by Gasteiger charge is -2.55. The number of ether oxygens (including phenoxy) is 1. The molecule has 3 aliphatic rings. The lowest BCUT2D eigenvalue weighted by Crippen LogP contribution is -2.64. The highest BCUT2D eigenvalue weighted by Gasteiger charge is 2.50. The van der Waals surface area contributed by atoms with Crippen LogP contribution in [0.1, 0.15) is 72.1 Å². The summed E-state index contributed by atoms with van der Waals surface area (Å²) < 4.78 is 5.62. The molecule has 1 unspecified atom stereocenters. The molecule has 1 N–H and O–H groups in total. The number of carbonyl (C=O) groups is 1. The number of piperidine rings is 1. The van der Waals surface area contributed by atoms with E-state index in [9.17, 15) is 4.79 Å². The van der Waals surface area contributed by atoms with Crippen LogP contribution in [0.3, 0.4) is 0 Å². The summed E-state index contributed by atoms with van der Waals surface area (Å²) in [5.74, 6) is 0. The second-order valence-electron chi connectivity index (χ2n) is 8.19. The minimum absolute atomic E-state index is 0.0853. The highest BCUT2D eigenvalue weighted by molar-refractivity contribution is 5.69. The summed E-state index contributed by atoms with van der Waals surface area (Å²) in [6.07, 6.45) is 9.65. The molecule has 4 nitrogen and oxygen atoms in total. The van der Waals surface area contributed by atoms with Crippen LogP contribution in [0.2, 0.25) is 0 Å². The van der Waals surface area contributed by atoms with Gasteiger partial charge < -0.3 is 15.0 Å². The molecular weight excluding hydrogens is 264 g/mol. The highest BCUT2D eigenvalue weighted by Crippen LogP contribution is 2.45. The molecule has 21 heavy (non-hydrogen) atoms. The van der Waals surface area contributed by atoms with Gasteiger partial charge in [0.15, 0.2) is 0 Å². The van der Waals surface area contributed by atoms with E-state index in [0.29, 0.717) is 6.04 Å². The van der Waals surface area contributed by atoms with Crippen LogP contribution >= 0.6 is 0 Å². The number of hydrogen-bond acceptors (Lipinski definition) is 3. The summed E-state index contributed by atoms with van der Waals surface area (Å²) in [4.78, 5) is 14.5. The van der Waals surface area contributed by atoms with Crippen molar-refractivity contribution in [1.29, 1.82) is 0 Å². The Labute approximate surface area is 128 Å². The minimum Gasteiger partial charge on any atom is -0.444 e. The number of nitrogens with zero attached hydrogens (tertiary/aromatic N) is 1. The van der Waals surface area contributed by atoms with Crippen LogP contribution in [0.4, 0.5) is 4.79 Å². The third kappa shape index (κ3) is 3.20. The van der Waals surface area contributed by atoms with Gasteiger partial charge in [0.05, 0.1) is 0 Å². The average molecular weight is 294 g/mol. The first-order valence-electron chi connectivity index (χ1n) is 8.65. The maximum atomic E-state index is 12.5. The summed E-state index contributed by atoms with van der Waals surface area (Å²) in [5, 5.41) is 3.81. The van der Waals surface area contributed by atoms with Gasteiger partial charge in [-0.05, 0) is 65.7 Å². The fraction of sp³-hybridized carbons (Fsp3) is 0.941. The molecule has 4 heteroatoms.